The highest BCUT2D eigenvalue weighted by molar-refractivity contribution is 5.56. The van der Waals surface area contributed by atoms with E-state index in [1.54, 1.807) is 0 Å². The highest BCUT2D eigenvalue weighted by Crippen LogP contribution is 2.18. The van der Waals surface area contributed by atoms with E-state index in [-0.39, 0.29) is 0 Å². The van der Waals surface area contributed by atoms with E-state index in [2.05, 4.69) is 42.7 Å². The molecular weight excluding hydrogens is 288 g/mol. The first kappa shape index (κ1) is 17.3. The number of hydrogen-bond acceptors (Lipinski definition) is 4. The Balaban J connectivity index is 1.60. The van der Waals surface area contributed by atoms with Crippen LogP contribution in [0.15, 0.2) is 48.5 Å². The van der Waals surface area contributed by atoms with E-state index in [1.165, 1.54) is 16.8 Å². The van der Waals surface area contributed by atoms with Crippen molar-refractivity contribution in [3.05, 3.63) is 59.7 Å². The Labute approximate surface area is 138 Å². The number of rotatable bonds is 9. The van der Waals surface area contributed by atoms with Gasteiger partial charge in [-0.1, -0.05) is 36.4 Å². The monoisotopic (exact) mass is 314 g/mol. The summed E-state index contributed by atoms with van der Waals surface area (Å²) >= 11 is 0. The average molecular weight is 314 g/mol. The molecule has 0 fully saturated rings. The molecule has 0 unspecified atom stereocenters. The van der Waals surface area contributed by atoms with Crippen molar-refractivity contribution in [2.24, 2.45) is 0 Å². The third kappa shape index (κ3) is 5.93. The predicted molar refractivity (Wildman–Crippen MR) is 95.2 cm³/mol. The molecule has 0 bridgehead atoms. The van der Waals surface area contributed by atoms with Crippen molar-refractivity contribution in [2.45, 2.75) is 20.0 Å². The molecule has 0 heterocycles. The van der Waals surface area contributed by atoms with Gasteiger partial charge in [0.25, 0.3) is 0 Å². The maximum Gasteiger partial charge on any atom is 0.119 e. The van der Waals surface area contributed by atoms with Gasteiger partial charge in [-0.15, -0.1) is 0 Å². The Morgan fingerprint density at radius 2 is 1.65 bits per heavy atom. The zero-order chi connectivity index (χ0) is 16.5. The van der Waals surface area contributed by atoms with E-state index in [0.717, 1.165) is 18.8 Å². The Morgan fingerprint density at radius 3 is 2.35 bits per heavy atom. The molecular formula is C19H26N2O2. The molecule has 0 saturated heterocycles. The molecule has 0 saturated carbocycles. The minimum atomic E-state index is -0.518. The highest BCUT2D eigenvalue weighted by atomic mass is 16.5. The van der Waals surface area contributed by atoms with Gasteiger partial charge in [0.2, 0.25) is 0 Å². The van der Waals surface area contributed by atoms with Gasteiger partial charge in [0.15, 0.2) is 0 Å². The SMILES string of the molecule is Cc1cccc(C)c1NCCNC[C@H](O)COc1ccccc1. The fraction of sp³-hybridized carbons (Fsp3) is 0.368. The summed E-state index contributed by atoms with van der Waals surface area (Å²) in [4.78, 5) is 0. The minimum absolute atomic E-state index is 0.293. The normalized spacial score (nSPS) is 12.0. The van der Waals surface area contributed by atoms with Crippen molar-refractivity contribution in [3.8, 4) is 5.75 Å². The molecule has 0 aliphatic rings. The molecule has 0 aliphatic carbocycles. The maximum atomic E-state index is 9.91. The van der Waals surface area contributed by atoms with E-state index in [4.69, 9.17) is 4.74 Å². The first-order valence-electron chi connectivity index (χ1n) is 8.03. The van der Waals surface area contributed by atoms with Crippen LogP contribution in [0.3, 0.4) is 0 Å². The summed E-state index contributed by atoms with van der Waals surface area (Å²) in [5.74, 6) is 0.781. The van der Waals surface area contributed by atoms with Crippen LogP contribution in [0, 0.1) is 13.8 Å². The Kier molecular flexibility index (Phi) is 6.91. The summed E-state index contributed by atoms with van der Waals surface area (Å²) in [5.41, 5.74) is 3.70. The molecule has 2 rings (SSSR count). The smallest absolute Gasteiger partial charge is 0.119 e. The summed E-state index contributed by atoms with van der Waals surface area (Å²) in [6.07, 6.45) is -0.518. The zero-order valence-electron chi connectivity index (χ0n) is 13.9. The van der Waals surface area contributed by atoms with Crippen LogP contribution in [0.25, 0.3) is 0 Å². The van der Waals surface area contributed by atoms with Gasteiger partial charge in [0.1, 0.15) is 18.5 Å². The largest absolute Gasteiger partial charge is 0.491 e. The lowest BCUT2D eigenvalue weighted by atomic mass is 10.1. The van der Waals surface area contributed by atoms with Crippen LogP contribution in [-0.2, 0) is 0 Å². The Morgan fingerprint density at radius 1 is 0.957 bits per heavy atom. The van der Waals surface area contributed by atoms with E-state index in [9.17, 15) is 5.11 Å². The molecule has 2 aromatic carbocycles. The van der Waals surface area contributed by atoms with Gasteiger partial charge >= 0.3 is 0 Å². The predicted octanol–water partition coefficient (Wildman–Crippen LogP) is 2.74. The molecule has 2 aromatic rings. The third-order valence-corrected chi connectivity index (χ3v) is 3.65. The van der Waals surface area contributed by atoms with Crippen molar-refractivity contribution in [3.63, 3.8) is 0 Å². The summed E-state index contributed by atoms with van der Waals surface area (Å²) in [7, 11) is 0. The number of anilines is 1. The first-order valence-corrected chi connectivity index (χ1v) is 8.03. The maximum absolute atomic E-state index is 9.91. The molecule has 4 heteroatoms. The van der Waals surface area contributed by atoms with Gasteiger partial charge in [0, 0.05) is 25.3 Å². The molecule has 23 heavy (non-hydrogen) atoms. The fourth-order valence-corrected chi connectivity index (χ4v) is 2.41. The van der Waals surface area contributed by atoms with Gasteiger partial charge in [0.05, 0.1) is 0 Å². The van der Waals surface area contributed by atoms with Crippen LogP contribution in [0.5, 0.6) is 5.75 Å². The van der Waals surface area contributed by atoms with Crippen LogP contribution >= 0.6 is 0 Å². The van der Waals surface area contributed by atoms with E-state index in [1.807, 2.05) is 30.3 Å². The van der Waals surface area contributed by atoms with Crippen molar-refractivity contribution < 1.29 is 9.84 Å². The van der Waals surface area contributed by atoms with Gasteiger partial charge in [-0.2, -0.15) is 0 Å². The number of nitrogens with one attached hydrogen (secondary N) is 2. The lowest BCUT2D eigenvalue weighted by Crippen LogP contribution is -2.34. The zero-order valence-corrected chi connectivity index (χ0v) is 13.9. The number of aryl methyl sites for hydroxylation is 2. The number of hydrogen-bond donors (Lipinski definition) is 3. The molecule has 0 radical (unpaired) electrons. The summed E-state index contributed by atoms with van der Waals surface area (Å²) in [6, 6.07) is 15.8. The highest BCUT2D eigenvalue weighted by Gasteiger charge is 2.05. The number of benzene rings is 2. The second kappa shape index (κ2) is 9.18. The Bertz CT molecular complexity index is 567. The lowest BCUT2D eigenvalue weighted by Gasteiger charge is -2.15. The minimum Gasteiger partial charge on any atom is -0.491 e. The fourth-order valence-electron chi connectivity index (χ4n) is 2.41. The lowest BCUT2D eigenvalue weighted by molar-refractivity contribution is 0.107. The van der Waals surface area contributed by atoms with Crippen molar-refractivity contribution in [1.82, 2.24) is 5.32 Å². The third-order valence-electron chi connectivity index (χ3n) is 3.65. The molecule has 4 nitrogen and oxygen atoms in total. The van der Waals surface area contributed by atoms with Crippen LogP contribution in [0.4, 0.5) is 5.69 Å². The van der Waals surface area contributed by atoms with Crippen LogP contribution in [0.2, 0.25) is 0 Å². The van der Waals surface area contributed by atoms with Crippen molar-refractivity contribution in [1.29, 1.82) is 0 Å². The van der Waals surface area contributed by atoms with Crippen LogP contribution < -0.4 is 15.4 Å². The molecule has 0 aliphatic heterocycles. The van der Waals surface area contributed by atoms with Gasteiger partial charge in [-0.3, -0.25) is 0 Å². The van der Waals surface area contributed by atoms with Crippen LogP contribution in [-0.4, -0.2) is 37.5 Å². The van der Waals surface area contributed by atoms with Crippen molar-refractivity contribution in [2.75, 3.05) is 31.6 Å². The quantitative estimate of drug-likeness (QED) is 0.623. The topological polar surface area (TPSA) is 53.5 Å². The molecule has 0 amide bonds. The standard InChI is InChI=1S/C19H26N2O2/c1-15-7-6-8-16(2)19(15)21-12-11-20-13-17(22)14-23-18-9-4-3-5-10-18/h3-10,17,20-22H,11-14H2,1-2H3/t17-/m0/s1. The van der Waals surface area contributed by atoms with E-state index >= 15 is 0 Å². The summed E-state index contributed by atoms with van der Waals surface area (Å²) in [6.45, 7) is 6.62. The molecule has 3 N–H and O–H groups in total. The van der Waals surface area contributed by atoms with E-state index in [0.29, 0.717) is 13.2 Å². The van der Waals surface area contributed by atoms with Crippen molar-refractivity contribution >= 4 is 5.69 Å². The van der Waals surface area contributed by atoms with Gasteiger partial charge in [-0.25, -0.2) is 0 Å². The van der Waals surface area contributed by atoms with Crippen LogP contribution in [0.1, 0.15) is 11.1 Å². The number of aliphatic hydroxyl groups excluding tert-OH is 1. The average Bonchev–Trinajstić information content (AvgIpc) is 2.56. The number of para-hydroxylation sites is 2. The summed E-state index contributed by atoms with van der Waals surface area (Å²) in [5, 5.41) is 16.6. The number of aliphatic hydroxyl groups is 1. The molecule has 1 atom stereocenters. The van der Waals surface area contributed by atoms with E-state index < -0.39 is 6.10 Å². The van der Waals surface area contributed by atoms with Gasteiger partial charge in [-0.05, 0) is 37.1 Å². The number of ether oxygens (including phenoxy) is 1. The molecule has 0 aromatic heterocycles. The second-order valence-electron chi connectivity index (χ2n) is 5.68. The Hall–Kier alpha value is -2.04. The van der Waals surface area contributed by atoms with Gasteiger partial charge < -0.3 is 20.5 Å². The molecule has 124 valence electrons. The molecule has 0 spiro atoms. The summed E-state index contributed by atoms with van der Waals surface area (Å²) < 4.78 is 5.52. The second-order valence-corrected chi connectivity index (χ2v) is 5.68. The first-order chi connectivity index (χ1) is 11.2.